The van der Waals surface area contributed by atoms with Crippen molar-refractivity contribution in [3.8, 4) is 17.1 Å². The zero-order valence-electron chi connectivity index (χ0n) is 19.4. The number of furan rings is 1. The fourth-order valence-corrected chi connectivity index (χ4v) is 3.61. The van der Waals surface area contributed by atoms with Crippen molar-refractivity contribution >= 4 is 23.8 Å². The number of aromatic hydroxyl groups is 1. The molecule has 0 radical (unpaired) electrons. The summed E-state index contributed by atoms with van der Waals surface area (Å²) in [6.45, 7) is 0. The number of benzene rings is 1. The van der Waals surface area contributed by atoms with Gasteiger partial charge in [0.15, 0.2) is 0 Å². The summed E-state index contributed by atoms with van der Waals surface area (Å²) in [5.41, 5.74) is 4.29. The Bertz CT molecular complexity index is 1370. The molecule has 36 heavy (non-hydrogen) atoms. The second-order valence-electron chi connectivity index (χ2n) is 7.49. The van der Waals surface area contributed by atoms with Crippen LogP contribution in [0.2, 0.25) is 0 Å². The van der Waals surface area contributed by atoms with Gasteiger partial charge in [0, 0.05) is 18.2 Å². The molecular weight excluding hydrogens is 476 g/mol. The molecule has 0 aliphatic carbocycles. The number of ether oxygens (including phenoxy) is 3. The van der Waals surface area contributed by atoms with Gasteiger partial charge in [0.1, 0.15) is 22.8 Å². The highest BCUT2D eigenvalue weighted by Crippen LogP contribution is 2.36. The van der Waals surface area contributed by atoms with Crippen LogP contribution in [0.3, 0.4) is 0 Å². The number of hydrogen-bond acceptors (Lipinski definition) is 10. The molecule has 0 fully saturated rings. The van der Waals surface area contributed by atoms with Crippen molar-refractivity contribution in [3.05, 3.63) is 74.9 Å². The van der Waals surface area contributed by atoms with E-state index in [0.29, 0.717) is 0 Å². The normalized spacial score (nSPS) is 11.4. The predicted octanol–water partition coefficient (Wildman–Crippen LogP) is 1.71. The van der Waals surface area contributed by atoms with E-state index in [-0.39, 0.29) is 39.3 Å². The maximum Gasteiger partial charge on any atom is 0.343 e. The van der Waals surface area contributed by atoms with E-state index in [2.05, 4.69) is 9.72 Å². The summed E-state index contributed by atoms with van der Waals surface area (Å²) < 4.78 is 19.9. The zero-order chi connectivity index (χ0) is 26.6. The molecule has 12 nitrogen and oxygen atoms in total. The van der Waals surface area contributed by atoms with Gasteiger partial charge in [-0.3, -0.25) is 9.59 Å². The number of rotatable bonds is 8. The molecule has 2 heterocycles. The van der Waals surface area contributed by atoms with E-state index in [1.165, 1.54) is 44.6 Å². The van der Waals surface area contributed by atoms with Gasteiger partial charge in [0.25, 0.3) is 5.56 Å². The molecule has 0 aliphatic heterocycles. The number of esters is 3. The number of primary amides is 1. The molecule has 0 bridgehead atoms. The summed E-state index contributed by atoms with van der Waals surface area (Å²) in [7, 11) is 3.45. The van der Waals surface area contributed by atoms with Crippen LogP contribution in [0.25, 0.3) is 11.3 Å². The Balaban J connectivity index is 2.16. The van der Waals surface area contributed by atoms with Crippen LogP contribution in [-0.2, 0) is 19.0 Å². The van der Waals surface area contributed by atoms with Crippen molar-refractivity contribution in [3.63, 3.8) is 0 Å². The van der Waals surface area contributed by atoms with E-state index < -0.39 is 47.5 Å². The summed E-state index contributed by atoms with van der Waals surface area (Å²) in [6, 6.07) is 7.00. The quantitative estimate of drug-likeness (QED) is 0.304. The maximum absolute atomic E-state index is 12.6. The number of aromatic nitrogens is 1. The Morgan fingerprint density at radius 3 is 2.08 bits per heavy atom. The lowest BCUT2D eigenvalue weighted by molar-refractivity contribution is -0.118. The summed E-state index contributed by atoms with van der Waals surface area (Å²) in [6.07, 6.45) is 0.526. The van der Waals surface area contributed by atoms with Crippen LogP contribution in [0.5, 0.6) is 5.75 Å². The van der Waals surface area contributed by atoms with E-state index >= 15 is 0 Å². The minimum Gasteiger partial charge on any atom is -0.506 e. The molecule has 4 N–H and O–H groups in total. The number of hydrogen-bond donors (Lipinski definition) is 3. The Morgan fingerprint density at radius 2 is 1.56 bits per heavy atom. The van der Waals surface area contributed by atoms with Crippen molar-refractivity contribution in [2.45, 2.75) is 12.3 Å². The Kier molecular flexibility index (Phi) is 7.58. The standard InChI is InChI=1S/C24H22N2O10/c1-33-22(30)12-6-11(7-13(8-12)23(31)34-2)16-4-5-17(36-16)14(9-18(25)27)19-20(28)15(24(32)35-3)10-26-21(19)29/h4-8,10,14H,9H2,1-3H3,(H2,25,27)(H2,26,28,29)/t14-/m1/s1. The first-order valence-electron chi connectivity index (χ1n) is 10.3. The average Bonchev–Trinajstić information content (AvgIpc) is 3.36. The molecule has 3 rings (SSSR count). The first-order valence-corrected chi connectivity index (χ1v) is 10.3. The monoisotopic (exact) mass is 498 g/mol. The van der Waals surface area contributed by atoms with Gasteiger partial charge in [-0.2, -0.15) is 0 Å². The average molecular weight is 498 g/mol. The van der Waals surface area contributed by atoms with Gasteiger partial charge < -0.3 is 34.5 Å². The molecule has 0 aliphatic rings. The zero-order valence-corrected chi connectivity index (χ0v) is 19.4. The number of carbonyl (C=O) groups is 4. The molecule has 1 amide bonds. The molecular formula is C24H22N2O10. The van der Waals surface area contributed by atoms with Crippen molar-refractivity contribution < 1.29 is 42.9 Å². The molecule has 1 aromatic carbocycles. The molecule has 0 spiro atoms. The fraction of sp³-hybridized carbons (Fsp3) is 0.208. The van der Waals surface area contributed by atoms with Crippen LogP contribution in [0.4, 0.5) is 0 Å². The van der Waals surface area contributed by atoms with Gasteiger partial charge in [0.05, 0.1) is 43.9 Å². The number of methoxy groups -OCH3 is 3. The number of H-pyrrole nitrogens is 1. The van der Waals surface area contributed by atoms with Crippen LogP contribution in [-0.4, -0.2) is 55.2 Å². The van der Waals surface area contributed by atoms with Crippen molar-refractivity contribution in [1.29, 1.82) is 0 Å². The summed E-state index contributed by atoms with van der Waals surface area (Å²) in [4.78, 5) is 63.0. The highest BCUT2D eigenvalue weighted by molar-refractivity contribution is 5.97. The number of nitrogens with two attached hydrogens (primary N) is 1. The second-order valence-corrected chi connectivity index (χ2v) is 7.49. The van der Waals surface area contributed by atoms with Crippen LogP contribution in [0.1, 0.15) is 54.7 Å². The third kappa shape index (κ3) is 5.12. The first kappa shape index (κ1) is 25.7. The molecule has 12 heteroatoms. The molecule has 0 saturated carbocycles. The minimum atomic E-state index is -1.19. The van der Waals surface area contributed by atoms with Crippen LogP contribution in [0.15, 0.2) is 45.7 Å². The third-order valence-electron chi connectivity index (χ3n) is 5.29. The first-order chi connectivity index (χ1) is 17.1. The van der Waals surface area contributed by atoms with Gasteiger partial charge in [0.2, 0.25) is 5.91 Å². The third-order valence-corrected chi connectivity index (χ3v) is 5.29. The van der Waals surface area contributed by atoms with Crippen LogP contribution in [0, 0.1) is 0 Å². The molecule has 0 unspecified atom stereocenters. The minimum absolute atomic E-state index is 0.0368. The molecule has 2 aromatic heterocycles. The van der Waals surface area contributed by atoms with Crippen molar-refractivity contribution in [2.24, 2.45) is 5.73 Å². The molecule has 0 saturated heterocycles. The SMILES string of the molecule is COC(=O)c1cc(C(=O)OC)cc(-c2ccc([C@@H](CC(N)=O)c3c(O)c(C(=O)OC)c[nH]c3=O)o2)c1. The molecule has 188 valence electrons. The lowest BCUT2D eigenvalue weighted by Crippen LogP contribution is -2.23. The van der Waals surface area contributed by atoms with E-state index in [4.69, 9.17) is 19.6 Å². The fourth-order valence-electron chi connectivity index (χ4n) is 3.61. The molecule has 1 atom stereocenters. The molecule has 3 aromatic rings. The number of amides is 1. The van der Waals surface area contributed by atoms with E-state index in [1.807, 2.05) is 0 Å². The number of nitrogens with one attached hydrogen (secondary N) is 1. The van der Waals surface area contributed by atoms with E-state index in [1.54, 1.807) is 0 Å². The van der Waals surface area contributed by atoms with E-state index in [9.17, 15) is 29.1 Å². The number of carbonyl (C=O) groups excluding carboxylic acids is 4. The van der Waals surface area contributed by atoms with Crippen LogP contribution >= 0.6 is 0 Å². The van der Waals surface area contributed by atoms with Gasteiger partial charge in [-0.05, 0) is 30.3 Å². The summed E-state index contributed by atoms with van der Waals surface area (Å²) in [5.74, 6) is -4.86. The van der Waals surface area contributed by atoms with E-state index in [0.717, 1.165) is 13.3 Å². The number of pyridine rings is 1. The summed E-state index contributed by atoms with van der Waals surface area (Å²) in [5, 5.41) is 10.7. The van der Waals surface area contributed by atoms with Crippen molar-refractivity contribution in [1.82, 2.24) is 4.98 Å². The topological polar surface area (TPSA) is 188 Å². The lowest BCUT2D eigenvalue weighted by atomic mass is 9.92. The highest BCUT2D eigenvalue weighted by atomic mass is 16.5. The predicted molar refractivity (Wildman–Crippen MR) is 123 cm³/mol. The highest BCUT2D eigenvalue weighted by Gasteiger charge is 2.30. The van der Waals surface area contributed by atoms with Crippen molar-refractivity contribution in [2.75, 3.05) is 21.3 Å². The number of aromatic amines is 1. The largest absolute Gasteiger partial charge is 0.506 e. The summed E-state index contributed by atoms with van der Waals surface area (Å²) >= 11 is 0. The van der Waals surface area contributed by atoms with Crippen LogP contribution < -0.4 is 11.3 Å². The smallest absolute Gasteiger partial charge is 0.343 e. The Hall–Kier alpha value is -4.87. The van der Waals surface area contributed by atoms with Gasteiger partial charge in [-0.1, -0.05) is 0 Å². The Labute approximate surface area is 203 Å². The van der Waals surface area contributed by atoms with Gasteiger partial charge in [-0.25, -0.2) is 14.4 Å². The second kappa shape index (κ2) is 10.6. The lowest BCUT2D eigenvalue weighted by Gasteiger charge is -2.15. The van der Waals surface area contributed by atoms with Gasteiger partial charge >= 0.3 is 17.9 Å². The maximum atomic E-state index is 12.6. The Morgan fingerprint density at radius 1 is 0.972 bits per heavy atom. The van der Waals surface area contributed by atoms with Gasteiger partial charge in [-0.15, -0.1) is 0 Å².